The SMILES string of the molecule is [2H]CC(C)(C)OC(=O)N[C@@H](Cc1ccccc1)C(=O)N1CCC[C@H]1C(=O)OCc1ccccc1. The van der Waals surface area contributed by atoms with Crippen molar-refractivity contribution < 1.29 is 25.2 Å². The smallest absolute Gasteiger partial charge is 0.408 e. The summed E-state index contributed by atoms with van der Waals surface area (Å²) in [5.74, 6) is -0.810. The quantitative estimate of drug-likeness (QED) is 0.644. The monoisotopic (exact) mass is 453 g/mol. The standard InChI is InChI=1S/C26H32N2O5/c1-26(2,3)33-25(31)27-21(17-19-11-6-4-7-12-19)23(29)28-16-10-15-22(28)24(30)32-18-20-13-8-5-9-14-20/h4-9,11-14,21-22H,10,15-18H2,1-3H3,(H,27,31)/t21-,22-/m0/s1/i1D. The van der Waals surface area contributed by atoms with Crippen molar-refractivity contribution in [2.24, 2.45) is 0 Å². The average Bonchev–Trinajstić information content (AvgIpc) is 3.33. The highest BCUT2D eigenvalue weighted by atomic mass is 16.6. The fraction of sp³-hybridized carbons (Fsp3) is 0.423. The molecule has 0 saturated carbocycles. The Bertz CT molecular complexity index is 968. The van der Waals surface area contributed by atoms with Gasteiger partial charge in [-0.1, -0.05) is 60.7 Å². The van der Waals surface area contributed by atoms with Crippen LogP contribution in [0.25, 0.3) is 0 Å². The number of likely N-dealkylation sites (tertiary alicyclic amines) is 1. The van der Waals surface area contributed by atoms with Gasteiger partial charge in [0.05, 0.1) is 0 Å². The van der Waals surface area contributed by atoms with Crippen molar-refractivity contribution >= 4 is 18.0 Å². The van der Waals surface area contributed by atoms with E-state index in [9.17, 15) is 14.4 Å². The van der Waals surface area contributed by atoms with E-state index in [1.165, 1.54) is 4.90 Å². The van der Waals surface area contributed by atoms with Gasteiger partial charge in [0.1, 0.15) is 24.3 Å². The van der Waals surface area contributed by atoms with Gasteiger partial charge in [-0.3, -0.25) is 4.79 Å². The Kier molecular flexibility index (Phi) is 7.60. The van der Waals surface area contributed by atoms with Crippen molar-refractivity contribution in [2.75, 3.05) is 6.54 Å². The lowest BCUT2D eigenvalue weighted by atomic mass is 10.0. The Morgan fingerprint density at radius 2 is 1.73 bits per heavy atom. The fourth-order valence-corrected chi connectivity index (χ4v) is 3.77. The molecule has 0 aliphatic carbocycles. The Labute approximate surface area is 196 Å². The van der Waals surface area contributed by atoms with Gasteiger partial charge >= 0.3 is 12.1 Å². The molecular formula is C26H32N2O5. The van der Waals surface area contributed by atoms with Crippen molar-refractivity contribution in [3.05, 3.63) is 71.8 Å². The Morgan fingerprint density at radius 3 is 2.36 bits per heavy atom. The molecule has 2 aromatic carbocycles. The molecule has 3 rings (SSSR count). The maximum atomic E-state index is 13.5. The molecule has 1 N–H and O–H groups in total. The molecule has 1 aliphatic heterocycles. The number of esters is 1. The van der Waals surface area contributed by atoms with Gasteiger partial charge in [-0.05, 0) is 44.7 Å². The topological polar surface area (TPSA) is 84.9 Å². The molecule has 0 radical (unpaired) electrons. The third kappa shape index (κ3) is 7.34. The van der Waals surface area contributed by atoms with Gasteiger partial charge in [-0.25, -0.2) is 9.59 Å². The predicted molar refractivity (Wildman–Crippen MR) is 124 cm³/mol. The predicted octanol–water partition coefficient (Wildman–Crippen LogP) is 3.86. The Morgan fingerprint density at radius 1 is 1.09 bits per heavy atom. The lowest BCUT2D eigenvalue weighted by Gasteiger charge is -2.29. The van der Waals surface area contributed by atoms with E-state index in [1.54, 1.807) is 13.8 Å². The van der Waals surface area contributed by atoms with E-state index in [2.05, 4.69) is 5.32 Å². The number of carbonyl (C=O) groups excluding carboxylic acids is 3. The van der Waals surface area contributed by atoms with Crippen molar-refractivity contribution in [1.29, 1.82) is 0 Å². The van der Waals surface area contributed by atoms with Crippen LogP contribution in [0.5, 0.6) is 0 Å². The van der Waals surface area contributed by atoms with Gasteiger partial charge in [0.15, 0.2) is 0 Å². The second-order valence-electron chi connectivity index (χ2n) is 8.82. The summed E-state index contributed by atoms with van der Waals surface area (Å²) in [6.45, 7) is 3.70. The minimum absolute atomic E-state index is 0.112. The summed E-state index contributed by atoms with van der Waals surface area (Å²) in [5, 5.41) is 2.66. The summed E-state index contributed by atoms with van der Waals surface area (Å²) in [6.07, 6.45) is 0.658. The van der Waals surface area contributed by atoms with Crippen molar-refractivity contribution in [1.82, 2.24) is 10.2 Å². The number of ether oxygens (including phenoxy) is 2. The molecule has 7 heteroatoms. The first kappa shape index (κ1) is 22.8. The summed E-state index contributed by atoms with van der Waals surface area (Å²) in [4.78, 5) is 40.4. The number of nitrogens with zero attached hydrogens (tertiary/aromatic N) is 1. The van der Waals surface area contributed by atoms with Crippen molar-refractivity contribution in [3.63, 3.8) is 0 Å². The zero-order valence-corrected chi connectivity index (χ0v) is 19.2. The number of hydrogen-bond donors (Lipinski definition) is 1. The highest BCUT2D eigenvalue weighted by Gasteiger charge is 2.39. The van der Waals surface area contributed by atoms with Gasteiger partial charge in [0.2, 0.25) is 5.91 Å². The zero-order valence-electron chi connectivity index (χ0n) is 20.2. The first-order valence-corrected chi connectivity index (χ1v) is 11.1. The van der Waals surface area contributed by atoms with Crippen LogP contribution in [0.3, 0.4) is 0 Å². The van der Waals surface area contributed by atoms with Gasteiger partial charge < -0.3 is 19.7 Å². The lowest BCUT2D eigenvalue weighted by molar-refractivity contribution is -0.155. The van der Waals surface area contributed by atoms with E-state index in [0.29, 0.717) is 19.4 Å². The second kappa shape index (κ2) is 11.0. The summed E-state index contributed by atoms with van der Waals surface area (Å²) in [7, 11) is 0. The van der Waals surface area contributed by atoms with Crippen LogP contribution in [0.15, 0.2) is 60.7 Å². The number of benzene rings is 2. The maximum Gasteiger partial charge on any atom is 0.408 e. The van der Waals surface area contributed by atoms with Gasteiger partial charge in [-0.2, -0.15) is 0 Å². The minimum Gasteiger partial charge on any atom is -0.459 e. The molecule has 1 heterocycles. The molecule has 1 saturated heterocycles. The molecule has 2 amide bonds. The van der Waals surface area contributed by atoms with E-state index in [1.807, 2.05) is 60.7 Å². The summed E-state index contributed by atoms with van der Waals surface area (Å²) in [6, 6.07) is 17.1. The molecule has 7 nitrogen and oxygen atoms in total. The molecule has 0 bridgehead atoms. The first-order chi connectivity index (χ1) is 16.3. The third-order valence-electron chi connectivity index (χ3n) is 5.27. The van der Waals surface area contributed by atoms with Crippen LogP contribution in [-0.4, -0.2) is 47.1 Å². The van der Waals surface area contributed by atoms with E-state index in [0.717, 1.165) is 11.1 Å². The van der Waals surface area contributed by atoms with Crippen LogP contribution in [0.4, 0.5) is 4.79 Å². The van der Waals surface area contributed by atoms with E-state index < -0.39 is 29.7 Å². The highest BCUT2D eigenvalue weighted by Crippen LogP contribution is 2.21. The first-order valence-electron chi connectivity index (χ1n) is 11.8. The van der Waals surface area contributed by atoms with E-state index in [4.69, 9.17) is 10.8 Å². The maximum absolute atomic E-state index is 13.5. The van der Waals surface area contributed by atoms with E-state index in [-0.39, 0.29) is 25.8 Å². The normalized spacial score (nSPS) is 17.1. The molecule has 176 valence electrons. The van der Waals surface area contributed by atoms with Gasteiger partial charge in [0, 0.05) is 14.3 Å². The number of rotatable bonds is 7. The highest BCUT2D eigenvalue weighted by molar-refractivity contribution is 5.90. The van der Waals surface area contributed by atoms with Crippen molar-refractivity contribution in [3.8, 4) is 0 Å². The van der Waals surface area contributed by atoms with Crippen LogP contribution in [-0.2, 0) is 32.1 Å². The van der Waals surface area contributed by atoms with Crippen LogP contribution in [0, 0.1) is 0 Å². The average molecular weight is 454 g/mol. The minimum atomic E-state index is -0.984. The van der Waals surface area contributed by atoms with Crippen molar-refractivity contribution in [2.45, 2.75) is 64.3 Å². The molecule has 0 unspecified atom stereocenters. The second-order valence-corrected chi connectivity index (χ2v) is 8.82. The number of nitrogens with one attached hydrogen (secondary N) is 1. The Hall–Kier alpha value is -3.35. The molecule has 0 aromatic heterocycles. The van der Waals surface area contributed by atoms with Crippen LogP contribution < -0.4 is 5.32 Å². The van der Waals surface area contributed by atoms with Crippen LogP contribution in [0.2, 0.25) is 0 Å². The molecule has 2 aromatic rings. The molecule has 2 atom stereocenters. The number of alkyl carbamates (subject to hydrolysis) is 1. The third-order valence-corrected chi connectivity index (χ3v) is 5.27. The molecule has 1 fully saturated rings. The van der Waals surface area contributed by atoms with Gasteiger partial charge in [-0.15, -0.1) is 0 Å². The number of amides is 2. The number of hydrogen-bond acceptors (Lipinski definition) is 5. The Balaban J connectivity index is 1.71. The molecule has 33 heavy (non-hydrogen) atoms. The lowest BCUT2D eigenvalue weighted by Crippen LogP contribution is -2.53. The van der Waals surface area contributed by atoms with E-state index >= 15 is 0 Å². The number of carbonyl (C=O) groups is 3. The van der Waals surface area contributed by atoms with Gasteiger partial charge in [0.25, 0.3) is 0 Å². The fourth-order valence-electron chi connectivity index (χ4n) is 3.77. The van der Waals surface area contributed by atoms with Crippen LogP contribution in [0.1, 0.15) is 46.1 Å². The molecule has 1 aliphatic rings. The zero-order chi connectivity index (χ0) is 24.6. The largest absolute Gasteiger partial charge is 0.459 e. The molecular weight excluding hydrogens is 420 g/mol. The summed E-state index contributed by atoms with van der Waals surface area (Å²) in [5.41, 5.74) is 0.750. The van der Waals surface area contributed by atoms with Crippen LogP contribution >= 0.6 is 0 Å². The summed E-state index contributed by atoms with van der Waals surface area (Å²) >= 11 is 0. The molecule has 0 spiro atoms. The summed E-state index contributed by atoms with van der Waals surface area (Å²) < 4.78 is 18.3.